The molecule has 220 valence electrons. The van der Waals surface area contributed by atoms with Crippen LogP contribution in [0.3, 0.4) is 0 Å². The van der Waals surface area contributed by atoms with Crippen molar-refractivity contribution in [2.45, 2.75) is 57.8 Å². The van der Waals surface area contributed by atoms with Crippen LogP contribution in [0.15, 0.2) is 53.3 Å². The van der Waals surface area contributed by atoms with E-state index in [2.05, 4.69) is 15.2 Å². The maximum Gasteiger partial charge on any atom is 0.416 e. The zero-order valence-electron chi connectivity index (χ0n) is 22.3. The molecule has 2 heterocycles. The molecule has 41 heavy (non-hydrogen) atoms. The van der Waals surface area contributed by atoms with Gasteiger partial charge in [-0.2, -0.15) is 13.2 Å². The van der Waals surface area contributed by atoms with Crippen LogP contribution in [-0.2, 0) is 17.8 Å². The second kappa shape index (κ2) is 11.9. The van der Waals surface area contributed by atoms with Gasteiger partial charge in [0.25, 0.3) is 0 Å². The van der Waals surface area contributed by atoms with Crippen molar-refractivity contribution in [3.8, 4) is 17.1 Å². The average molecular weight is 614 g/mol. The standard InChI is InChI=1S/C26H28Cl2F3N7O3/c1-25(2,3)41-14-18(32)23-33-21(34-38(23)19-7-5-4-6-17(19)28)13-37-24(40)36(12-20(39)26(29,30)31)22(35-37)15-8-10-16(27)11-9-15/h4-11,18,20,39H,12-14,32H2,1-3H3/t18?,20-/m0/s1. The Balaban J connectivity index is 1.77. The molecule has 2 atom stereocenters. The number of aromatic nitrogens is 6. The summed E-state index contributed by atoms with van der Waals surface area (Å²) in [6.45, 7) is 4.34. The topological polar surface area (TPSA) is 126 Å². The normalized spacial score (nSPS) is 13.9. The lowest BCUT2D eigenvalue weighted by atomic mass is 10.2. The molecular weight excluding hydrogens is 586 g/mol. The molecule has 0 saturated carbocycles. The number of aliphatic hydroxyl groups is 1. The molecule has 0 bridgehead atoms. The van der Waals surface area contributed by atoms with Gasteiger partial charge in [-0.05, 0) is 57.2 Å². The molecule has 0 aliphatic rings. The highest BCUT2D eigenvalue weighted by Crippen LogP contribution is 2.26. The summed E-state index contributed by atoms with van der Waals surface area (Å²) in [6, 6.07) is 12.1. The van der Waals surface area contributed by atoms with Gasteiger partial charge in [0.1, 0.15) is 6.54 Å². The summed E-state index contributed by atoms with van der Waals surface area (Å²) >= 11 is 12.4. The van der Waals surface area contributed by atoms with Gasteiger partial charge in [-0.15, -0.1) is 10.2 Å². The number of nitrogens with zero attached hydrogens (tertiary/aromatic N) is 6. The first-order valence-corrected chi connectivity index (χ1v) is 13.2. The van der Waals surface area contributed by atoms with E-state index in [9.17, 15) is 23.1 Å². The molecule has 0 aliphatic heterocycles. The number of para-hydroxylation sites is 1. The van der Waals surface area contributed by atoms with Crippen molar-refractivity contribution < 1.29 is 23.0 Å². The van der Waals surface area contributed by atoms with Crippen molar-refractivity contribution in [2.24, 2.45) is 5.73 Å². The summed E-state index contributed by atoms with van der Waals surface area (Å²) in [7, 11) is 0. The molecule has 4 rings (SSSR count). The molecule has 3 N–H and O–H groups in total. The number of hydrogen-bond acceptors (Lipinski definition) is 7. The first kappa shape index (κ1) is 30.7. The molecule has 2 aromatic carbocycles. The second-order valence-corrected chi connectivity index (χ2v) is 11.1. The van der Waals surface area contributed by atoms with Gasteiger partial charge in [-0.3, -0.25) is 4.57 Å². The smallest absolute Gasteiger partial charge is 0.382 e. The summed E-state index contributed by atoms with van der Waals surface area (Å²) in [5.74, 6) is 0.281. The number of hydrogen-bond donors (Lipinski definition) is 2. The lowest BCUT2D eigenvalue weighted by molar-refractivity contribution is -0.207. The first-order chi connectivity index (χ1) is 19.1. The third kappa shape index (κ3) is 7.35. The van der Waals surface area contributed by atoms with E-state index in [1.54, 1.807) is 24.3 Å². The molecule has 15 heteroatoms. The van der Waals surface area contributed by atoms with Crippen molar-refractivity contribution in [3.05, 3.63) is 80.7 Å². The Kier molecular flexibility index (Phi) is 8.95. The number of aliphatic hydroxyl groups excluding tert-OH is 1. The van der Waals surface area contributed by atoms with E-state index in [-0.39, 0.29) is 30.6 Å². The highest BCUT2D eigenvalue weighted by Gasteiger charge is 2.39. The number of halogens is 5. The van der Waals surface area contributed by atoms with Crippen LogP contribution in [0.5, 0.6) is 0 Å². The number of alkyl halides is 3. The largest absolute Gasteiger partial charge is 0.416 e. The van der Waals surface area contributed by atoms with E-state index in [1.165, 1.54) is 28.9 Å². The Bertz CT molecular complexity index is 1560. The summed E-state index contributed by atoms with van der Waals surface area (Å²) in [4.78, 5) is 17.8. The third-order valence-electron chi connectivity index (χ3n) is 5.83. The van der Waals surface area contributed by atoms with Crippen LogP contribution in [0.1, 0.15) is 38.5 Å². The van der Waals surface area contributed by atoms with E-state index in [0.717, 1.165) is 9.25 Å². The number of benzene rings is 2. The van der Waals surface area contributed by atoms with Crippen molar-refractivity contribution in [1.29, 1.82) is 0 Å². The maximum absolute atomic E-state index is 13.3. The van der Waals surface area contributed by atoms with E-state index < -0.39 is 36.2 Å². The Labute approximate surface area is 243 Å². The Morgan fingerprint density at radius 2 is 1.71 bits per heavy atom. The molecule has 0 radical (unpaired) electrons. The first-order valence-electron chi connectivity index (χ1n) is 12.4. The van der Waals surface area contributed by atoms with Gasteiger partial charge in [-0.25, -0.2) is 19.1 Å². The molecule has 2 aromatic heterocycles. The third-order valence-corrected chi connectivity index (χ3v) is 6.41. The van der Waals surface area contributed by atoms with Gasteiger partial charge in [-0.1, -0.05) is 35.3 Å². The fourth-order valence-corrected chi connectivity index (χ4v) is 4.16. The molecular formula is C26H28Cl2F3N7O3. The van der Waals surface area contributed by atoms with Crippen LogP contribution >= 0.6 is 23.2 Å². The SMILES string of the molecule is CC(C)(C)OCC(N)c1nc(Cn2nc(-c3ccc(Cl)cc3)n(C[C@H](O)C(F)(F)F)c2=O)nn1-c1ccccc1Cl. The van der Waals surface area contributed by atoms with Crippen LogP contribution in [0.25, 0.3) is 17.1 Å². The lowest BCUT2D eigenvalue weighted by Gasteiger charge is -2.22. The van der Waals surface area contributed by atoms with E-state index in [4.69, 9.17) is 33.7 Å². The molecule has 0 saturated heterocycles. The zero-order chi connectivity index (χ0) is 30.1. The predicted molar refractivity (Wildman–Crippen MR) is 147 cm³/mol. The van der Waals surface area contributed by atoms with Crippen molar-refractivity contribution in [1.82, 2.24) is 29.1 Å². The van der Waals surface area contributed by atoms with Gasteiger partial charge in [0, 0.05) is 10.6 Å². The van der Waals surface area contributed by atoms with Crippen LogP contribution in [0.2, 0.25) is 10.0 Å². The number of rotatable bonds is 9. The van der Waals surface area contributed by atoms with Gasteiger partial charge >= 0.3 is 11.9 Å². The molecule has 0 aliphatic carbocycles. The Morgan fingerprint density at radius 1 is 1.05 bits per heavy atom. The van der Waals surface area contributed by atoms with Crippen molar-refractivity contribution >= 4 is 23.2 Å². The van der Waals surface area contributed by atoms with Crippen molar-refractivity contribution in [2.75, 3.05) is 6.61 Å². The van der Waals surface area contributed by atoms with Gasteiger partial charge in [0.15, 0.2) is 23.6 Å². The summed E-state index contributed by atoms with van der Waals surface area (Å²) in [6.07, 6.45) is -7.75. The minimum absolute atomic E-state index is 0.0940. The predicted octanol–water partition coefficient (Wildman–Crippen LogP) is 4.39. The monoisotopic (exact) mass is 613 g/mol. The van der Waals surface area contributed by atoms with Gasteiger partial charge in [0.05, 0.1) is 35.5 Å². The maximum atomic E-state index is 13.3. The summed E-state index contributed by atoms with van der Waals surface area (Å²) in [5.41, 5.74) is 5.82. The Morgan fingerprint density at radius 3 is 2.32 bits per heavy atom. The van der Waals surface area contributed by atoms with E-state index >= 15 is 0 Å². The van der Waals surface area contributed by atoms with Crippen LogP contribution in [-0.4, -0.2) is 58.7 Å². The summed E-state index contributed by atoms with van der Waals surface area (Å²) < 4.78 is 48.5. The van der Waals surface area contributed by atoms with E-state index in [1.807, 2.05) is 20.8 Å². The quantitative estimate of drug-likeness (QED) is 0.287. The number of nitrogens with two attached hydrogens (primary N) is 1. The molecule has 0 spiro atoms. The average Bonchev–Trinajstić information content (AvgIpc) is 3.44. The minimum Gasteiger partial charge on any atom is -0.382 e. The molecule has 0 fully saturated rings. The molecule has 1 unspecified atom stereocenters. The minimum atomic E-state index is -4.95. The summed E-state index contributed by atoms with van der Waals surface area (Å²) in [5, 5.41) is 19.2. The molecule has 10 nitrogen and oxygen atoms in total. The van der Waals surface area contributed by atoms with Crippen LogP contribution < -0.4 is 11.4 Å². The lowest BCUT2D eigenvalue weighted by Crippen LogP contribution is -2.37. The molecule has 4 aromatic rings. The highest BCUT2D eigenvalue weighted by molar-refractivity contribution is 6.32. The molecule has 0 amide bonds. The van der Waals surface area contributed by atoms with E-state index in [0.29, 0.717) is 21.3 Å². The van der Waals surface area contributed by atoms with Gasteiger partial charge in [0.2, 0.25) is 0 Å². The Hall–Kier alpha value is -3.23. The fourth-order valence-electron chi connectivity index (χ4n) is 3.82. The van der Waals surface area contributed by atoms with Gasteiger partial charge < -0.3 is 15.6 Å². The zero-order valence-corrected chi connectivity index (χ0v) is 23.8. The van der Waals surface area contributed by atoms with Crippen molar-refractivity contribution in [3.63, 3.8) is 0 Å². The number of ether oxygens (including phenoxy) is 1. The van der Waals surface area contributed by atoms with Crippen LogP contribution in [0, 0.1) is 0 Å². The fraction of sp³-hybridized carbons (Fsp3) is 0.385. The van der Waals surface area contributed by atoms with Crippen LogP contribution in [0.4, 0.5) is 13.2 Å². The second-order valence-electron chi connectivity index (χ2n) is 10.2. The highest BCUT2D eigenvalue weighted by atomic mass is 35.5.